The van der Waals surface area contributed by atoms with Crippen LogP contribution in [0.4, 0.5) is 4.79 Å². The first kappa shape index (κ1) is 16.1. The lowest BCUT2D eigenvalue weighted by atomic mass is 10.2. The normalized spacial score (nSPS) is 15.8. The zero-order valence-corrected chi connectivity index (χ0v) is 13.8. The monoisotopic (exact) mass is 341 g/mol. The Kier molecular flexibility index (Phi) is 4.02. The largest absolute Gasteiger partial charge is 0.545 e. The number of carbonyl (C=O) groups is 3. The summed E-state index contributed by atoms with van der Waals surface area (Å²) in [5.41, 5.74) is 3.55. The molecule has 24 heavy (non-hydrogen) atoms. The molecule has 2 amide bonds. The Morgan fingerprint density at radius 3 is 2.42 bits per heavy atom. The van der Waals surface area contributed by atoms with Gasteiger partial charge in [0.2, 0.25) is 0 Å². The highest BCUT2D eigenvalue weighted by molar-refractivity contribution is 8.18. The van der Waals surface area contributed by atoms with E-state index in [9.17, 15) is 19.5 Å². The van der Waals surface area contributed by atoms with Crippen molar-refractivity contribution in [3.63, 3.8) is 0 Å². The summed E-state index contributed by atoms with van der Waals surface area (Å²) in [6, 6.07) is 8.28. The maximum absolute atomic E-state index is 11.7. The van der Waals surface area contributed by atoms with E-state index in [1.165, 1.54) is 12.1 Å². The number of nitrogens with zero attached hydrogens (tertiary/aromatic N) is 1. The molecule has 122 valence electrons. The molecule has 2 aromatic rings. The van der Waals surface area contributed by atoms with Crippen molar-refractivity contribution in [3.8, 4) is 5.69 Å². The minimum absolute atomic E-state index is 0.112. The van der Waals surface area contributed by atoms with Crippen molar-refractivity contribution in [2.75, 3.05) is 0 Å². The van der Waals surface area contributed by atoms with Crippen molar-refractivity contribution in [1.29, 1.82) is 0 Å². The van der Waals surface area contributed by atoms with Gasteiger partial charge in [0.05, 0.1) is 10.9 Å². The number of benzene rings is 1. The number of imide groups is 1. The van der Waals surface area contributed by atoms with Crippen LogP contribution in [0.5, 0.6) is 0 Å². The molecular formula is C17H13N2O4S-. The second kappa shape index (κ2) is 6.01. The highest BCUT2D eigenvalue weighted by Gasteiger charge is 2.25. The molecule has 0 unspecified atom stereocenters. The predicted molar refractivity (Wildman–Crippen MR) is 88.7 cm³/mol. The molecule has 1 aromatic heterocycles. The maximum Gasteiger partial charge on any atom is 0.290 e. The zero-order valence-electron chi connectivity index (χ0n) is 13.0. The third-order valence-electron chi connectivity index (χ3n) is 3.76. The van der Waals surface area contributed by atoms with Gasteiger partial charge in [0.1, 0.15) is 0 Å². The molecule has 0 spiro atoms. The van der Waals surface area contributed by atoms with Crippen LogP contribution in [0.3, 0.4) is 0 Å². The lowest BCUT2D eigenvalue weighted by Crippen LogP contribution is -2.22. The third-order valence-corrected chi connectivity index (χ3v) is 4.57. The smallest absolute Gasteiger partial charge is 0.290 e. The Bertz CT molecular complexity index is 894. The van der Waals surface area contributed by atoms with Crippen LogP contribution in [0.1, 0.15) is 27.3 Å². The molecule has 0 aliphatic carbocycles. The Labute approximate surface area is 142 Å². The molecule has 0 bridgehead atoms. The minimum Gasteiger partial charge on any atom is -0.545 e. The summed E-state index contributed by atoms with van der Waals surface area (Å²) in [5, 5.41) is 12.7. The van der Waals surface area contributed by atoms with Gasteiger partial charge in [-0.05, 0) is 61.0 Å². The van der Waals surface area contributed by atoms with E-state index >= 15 is 0 Å². The van der Waals surface area contributed by atoms with E-state index in [0.29, 0.717) is 4.91 Å². The first-order chi connectivity index (χ1) is 11.4. The number of nitrogens with one attached hydrogen (secondary N) is 1. The molecule has 1 fully saturated rings. The average molecular weight is 341 g/mol. The van der Waals surface area contributed by atoms with E-state index in [1.807, 2.05) is 24.5 Å². The summed E-state index contributed by atoms with van der Waals surface area (Å²) in [6.45, 7) is 3.81. The Hall–Kier alpha value is -2.80. The SMILES string of the molecule is Cc1cc(/C=C2\SC(=O)NC2=O)c(C)n1-c1ccc(C(=O)[O-])cc1. The second-order valence-electron chi connectivity index (χ2n) is 5.35. The lowest BCUT2D eigenvalue weighted by molar-refractivity contribution is -0.255. The van der Waals surface area contributed by atoms with E-state index in [4.69, 9.17) is 0 Å². The van der Waals surface area contributed by atoms with Crippen LogP contribution in [0, 0.1) is 13.8 Å². The van der Waals surface area contributed by atoms with E-state index < -0.39 is 11.9 Å². The van der Waals surface area contributed by atoms with Crippen molar-refractivity contribution in [3.05, 3.63) is 57.8 Å². The number of hydrogen-bond donors (Lipinski definition) is 1. The number of rotatable bonds is 3. The molecular weight excluding hydrogens is 328 g/mol. The molecule has 0 atom stereocenters. The van der Waals surface area contributed by atoms with Crippen LogP contribution in [0.25, 0.3) is 11.8 Å². The molecule has 1 aliphatic heterocycles. The second-order valence-corrected chi connectivity index (χ2v) is 6.36. The van der Waals surface area contributed by atoms with Gasteiger partial charge in [0, 0.05) is 17.1 Å². The molecule has 0 saturated carbocycles. The molecule has 1 aromatic carbocycles. The van der Waals surface area contributed by atoms with Crippen LogP contribution in [0.15, 0.2) is 35.2 Å². The summed E-state index contributed by atoms with van der Waals surface area (Å²) < 4.78 is 1.95. The molecule has 7 heteroatoms. The van der Waals surface area contributed by atoms with E-state index in [1.54, 1.807) is 18.2 Å². The first-order valence-corrected chi connectivity index (χ1v) is 7.94. The molecule has 1 aliphatic rings. The topological polar surface area (TPSA) is 91.2 Å². The van der Waals surface area contributed by atoms with Crippen LogP contribution in [-0.4, -0.2) is 21.7 Å². The van der Waals surface area contributed by atoms with Gasteiger partial charge in [0.15, 0.2) is 0 Å². The average Bonchev–Trinajstić information content (AvgIpc) is 2.98. The van der Waals surface area contributed by atoms with Crippen LogP contribution >= 0.6 is 11.8 Å². The van der Waals surface area contributed by atoms with Crippen molar-refractivity contribution in [1.82, 2.24) is 9.88 Å². The fraction of sp³-hybridized carbons (Fsp3) is 0.118. The molecule has 1 N–H and O–H groups in total. The van der Waals surface area contributed by atoms with Crippen molar-refractivity contribution < 1.29 is 19.5 Å². The number of amides is 2. The van der Waals surface area contributed by atoms with Gasteiger partial charge in [-0.1, -0.05) is 12.1 Å². The number of thioether (sulfide) groups is 1. The van der Waals surface area contributed by atoms with Gasteiger partial charge in [0.25, 0.3) is 11.1 Å². The van der Waals surface area contributed by atoms with E-state index in [0.717, 1.165) is 34.4 Å². The van der Waals surface area contributed by atoms with Gasteiger partial charge in [-0.3, -0.25) is 14.9 Å². The molecule has 1 saturated heterocycles. The zero-order chi connectivity index (χ0) is 17.4. The summed E-state index contributed by atoms with van der Waals surface area (Å²) in [4.78, 5) is 34.1. The number of hydrogen-bond acceptors (Lipinski definition) is 5. The summed E-state index contributed by atoms with van der Waals surface area (Å²) in [5.74, 6) is -1.62. The minimum atomic E-state index is -1.22. The molecule has 6 nitrogen and oxygen atoms in total. The van der Waals surface area contributed by atoms with E-state index in [-0.39, 0.29) is 10.8 Å². The van der Waals surface area contributed by atoms with Gasteiger partial charge in [-0.15, -0.1) is 0 Å². The summed E-state index contributed by atoms with van der Waals surface area (Å²) in [7, 11) is 0. The van der Waals surface area contributed by atoms with Crippen molar-refractivity contribution in [2.24, 2.45) is 0 Å². The van der Waals surface area contributed by atoms with Gasteiger partial charge in [-0.2, -0.15) is 0 Å². The number of aromatic carboxylic acids is 1. The third kappa shape index (κ3) is 2.85. The maximum atomic E-state index is 11.7. The molecule has 0 radical (unpaired) electrons. The summed E-state index contributed by atoms with van der Waals surface area (Å²) in [6.07, 6.45) is 1.68. The Morgan fingerprint density at radius 2 is 1.88 bits per heavy atom. The van der Waals surface area contributed by atoms with Crippen molar-refractivity contribution >= 4 is 35.0 Å². The Balaban J connectivity index is 2.01. The van der Waals surface area contributed by atoms with Crippen molar-refractivity contribution in [2.45, 2.75) is 13.8 Å². The predicted octanol–water partition coefficient (Wildman–Crippen LogP) is 1.78. The van der Waals surface area contributed by atoms with Gasteiger partial charge in [-0.25, -0.2) is 0 Å². The van der Waals surface area contributed by atoms with Crippen LogP contribution in [-0.2, 0) is 4.79 Å². The fourth-order valence-corrected chi connectivity index (χ4v) is 3.31. The number of carbonyl (C=O) groups excluding carboxylic acids is 3. The number of aryl methyl sites for hydroxylation is 1. The number of carboxylic acids is 1. The highest BCUT2D eigenvalue weighted by Crippen LogP contribution is 2.29. The summed E-state index contributed by atoms with van der Waals surface area (Å²) >= 11 is 0.873. The van der Waals surface area contributed by atoms with Gasteiger partial charge < -0.3 is 14.5 Å². The molecule has 3 rings (SSSR count). The highest BCUT2D eigenvalue weighted by atomic mass is 32.2. The van der Waals surface area contributed by atoms with Crippen LogP contribution < -0.4 is 10.4 Å². The van der Waals surface area contributed by atoms with Crippen LogP contribution in [0.2, 0.25) is 0 Å². The number of aromatic nitrogens is 1. The van der Waals surface area contributed by atoms with Gasteiger partial charge >= 0.3 is 0 Å². The standard InChI is InChI=1S/C17H14N2O4S/c1-9-7-12(8-14-15(20)18-17(23)24-14)10(2)19(9)13-5-3-11(4-6-13)16(21)22/h3-8H,1-2H3,(H,21,22)(H,18,20,23)/p-1/b14-8-. The Morgan fingerprint density at radius 1 is 1.21 bits per heavy atom. The fourth-order valence-electron chi connectivity index (χ4n) is 2.64. The number of carboxylic acid groups (broad SMARTS) is 1. The molecule has 2 heterocycles. The quantitative estimate of drug-likeness (QED) is 0.859. The van der Waals surface area contributed by atoms with E-state index in [2.05, 4.69) is 5.32 Å². The first-order valence-electron chi connectivity index (χ1n) is 7.12. The lowest BCUT2D eigenvalue weighted by Gasteiger charge is -2.11.